The molecule has 0 aromatic heterocycles. The van der Waals surface area contributed by atoms with Crippen LogP contribution in [0.1, 0.15) is 33.1 Å². The molecule has 1 aliphatic carbocycles. The van der Waals surface area contributed by atoms with Crippen molar-refractivity contribution in [3.8, 4) is 0 Å². The van der Waals surface area contributed by atoms with Gasteiger partial charge in [-0.2, -0.15) is 0 Å². The molecule has 0 aromatic carbocycles. The lowest BCUT2D eigenvalue weighted by Crippen LogP contribution is -2.18. The average molecular weight is 198 g/mol. The maximum atomic E-state index is 4.58. The molecule has 3 heteroatoms. The summed E-state index contributed by atoms with van der Waals surface area (Å²) in [7, 11) is 0. The number of thioether (sulfide) groups is 1. The summed E-state index contributed by atoms with van der Waals surface area (Å²) in [6.07, 6.45) is 5.94. The van der Waals surface area contributed by atoms with E-state index < -0.39 is 0 Å². The largest absolute Gasteiger partial charge is 0.255 e. The molecule has 0 heterocycles. The second kappa shape index (κ2) is 4.27. The fraction of sp³-hybridized carbons (Fsp3) is 0.800. The van der Waals surface area contributed by atoms with Crippen molar-refractivity contribution < 1.29 is 0 Å². The first kappa shape index (κ1) is 10.8. The molecular weight excluding hydrogens is 180 g/mol. The summed E-state index contributed by atoms with van der Waals surface area (Å²) in [6, 6.07) is 0. The lowest BCUT2D eigenvalue weighted by molar-refractivity contribution is 0.450. The van der Waals surface area contributed by atoms with Crippen LogP contribution < -0.4 is 0 Å². The topological polar surface area (TPSA) is 24.7 Å². The third-order valence-corrected chi connectivity index (χ3v) is 2.79. The Morgan fingerprint density at radius 3 is 2.54 bits per heavy atom. The lowest BCUT2D eigenvalue weighted by Gasteiger charge is -2.19. The minimum atomic E-state index is 0.0424. The second-order valence-corrected chi connectivity index (χ2v) is 4.99. The Morgan fingerprint density at radius 2 is 2.15 bits per heavy atom. The average Bonchev–Trinajstić information content (AvgIpc) is 2.83. The molecule has 2 nitrogen and oxygen atoms in total. The van der Waals surface area contributed by atoms with Crippen molar-refractivity contribution >= 4 is 23.6 Å². The van der Waals surface area contributed by atoms with Crippen LogP contribution in [0.3, 0.4) is 0 Å². The molecule has 0 N–H and O–H groups in total. The fourth-order valence-corrected chi connectivity index (χ4v) is 1.95. The van der Waals surface area contributed by atoms with Crippen LogP contribution in [-0.4, -0.2) is 23.7 Å². The molecule has 0 spiro atoms. The van der Waals surface area contributed by atoms with E-state index in [9.17, 15) is 0 Å². The second-order valence-electron chi connectivity index (χ2n) is 4.22. The monoisotopic (exact) mass is 198 g/mol. The van der Waals surface area contributed by atoms with E-state index in [0.717, 1.165) is 11.1 Å². The molecule has 1 rings (SSSR count). The molecule has 1 aliphatic rings. The Balaban J connectivity index is 2.55. The third kappa shape index (κ3) is 3.94. The zero-order chi connectivity index (χ0) is 9.90. The fourth-order valence-electron chi connectivity index (χ4n) is 1.48. The Hall–Kier alpha value is -0.310. The SMILES string of the molecule is C=NC(=NC(C)(C)CC1CC1)SC. The van der Waals surface area contributed by atoms with Gasteiger partial charge in [0.25, 0.3) is 0 Å². The summed E-state index contributed by atoms with van der Waals surface area (Å²) >= 11 is 1.57. The van der Waals surface area contributed by atoms with E-state index >= 15 is 0 Å². The Morgan fingerprint density at radius 1 is 1.54 bits per heavy atom. The van der Waals surface area contributed by atoms with Gasteiger partial charge in [0.05, 0.1) is 5.54 Å². The van der Waals surface area contributed by atoms with E-state index in [1.165, 1.54) is 19.3 Å². The summed E-state index contributed by atoms with van der Waals surface area (Å²) in [5.74, 6) is 0.909. The molecule has 1 fully saturated rings. The van der Waals surface area contributed by atoms with Crippen molar-refractivity contribution in [3.05, 3.63) is 0 Å². The summed E-state index contributed by atoms with van der Waals surface area (Å²) in [6.45, 7) is 7.86. The number of hydrogen-bond acceptors (Lipinski definition) is 2. The first-order chi connectivity index (χ1) is 6.07. The van der Waals surface area contributed by atoms with Crippen molar-refractivity contribution in [1.29, 1.82) is 0 Å². The van der Waals surface area contributed by atoms with Crippen molar-refractivity contribution in [3.63, 3.8) is 0 Å². The van der Waals surface area contributed by atoms with Gasteiger partial charge in [0, 0.05) is 0 Å². The highest BCUT2D eigenvalue weighted by Crippen LogP contribution is 2.38. The molecule has 0 saturated heterocycles. The van der Waals surface area contributed by atoms with E-state index in [1.807, 2.05) is 6.26 Å². The highest BCUT2D eigenvalue weighted by atomic mass is 32.2. The molecule has 1 saturated carbocycles. The minimum absolute atomic E-state index is 0.0424. The van der Waals surface area contributed by atoms with Gasteiger partial charge < -0.3 is 0 Å². The minimum Gasteiger partial charge on any atom is -0.255 e. The predicted octanol–water partition coefficient (Wildman–Crippen LogP) is 2.98. The van der Waals surface area contributed by atoms with E-state index in [1.54, 1.807) is 11.8 Å². The van der Waals surface area contributed by atoms with E-state index in [2.05, 4.69) is 30.5 Å². The highest BCUT2D eigenvalue weighted by molar-refractivity contribution is 8.13. The van der Waals surface area contributed by atoms with E-state index in [-0.39, 0.29) is 5.54 Å². The summed E-state index contributed by atoms with van der Waals surface area (Å²) in [5.41, 5.74) is 0.0424. The van der Waals surface area contributed by atoms with E-state index in [0.29, 0.717) is 0 Å². The molecular formula is C10H18N2S. The number of aliphatic imine (C=N–C) groups is 2. The summed E-state index contributed by atoms with van der Waals surface area (Å²) in [4.78, 5) is 8.46. The molecule has 74 valence electrons. The Kier molecular flexibility index (Phi) is 3.54. The molecule has 0 radical (unpaired) electrons. The van der Waals surface area contributed by atoms with E-state index in [4.69, 9.17) is 0 Å². The number of hydrogen-bond donors (Lipinski definition) is 0. The number of rotatable bonds is 3. The van der Waals surface area contributed by atoms with Gasteiger partial charge in [-0.05, 0) is 39.2 Å². The van der Waals surface area contributed by atoms with Crippen molar-refractivity contribution in [2.75, 3.05) is 6.26 Å². The quantitative estimate of drug-likeness (QED) is 0.505. The maximum Gasteiger partial charge on any atom is 0.182 e. The molecule has 0 atom stereocenters. The Bertz CT molecular complexity index is 217. The van der Waals surface area contributed by atoms with Gasteiger partial charge in [0.15, 0.2) is 5.17 Å². The number of nitrogens with zero attached hydrogens (tertiary/aromatic N) is 2. The Labute approximate surface area is 84.9 Å². The van der Waals surface area contributed by atoms with Crippen molar-refractivity contribution in [2.45, 2.75) is 38.6 Å². The van der Waals surface area contributed by atoms with Crippen LogP contribution in [0.5, 0.6) is 0 Å². The van der Waals surface area contributed by atoms with Crippen LogP contribution >= 0.6 is 11.8 Å². The van der Waals surface area contributed by atoms with Gasteiger partial charge >= 0.3 is 0 Å². The van der Waals surface area contributed by atoms with Crippen LogP contribution in [0.2, 0.25) is 0 Å². The predicted molar refractivity (Wildman–Crippen MR) is 61.9 cm³/mol. The molecule has 0 bridgehead atoms. The zero-order valence-corrected chi connectivity index (χ0v) is 9.52. The van der Waals surface area contributed by atoms with Gasteiger partial charge in [0.1, 0.15) is 0 Å². The third-order valence-electron chi connectivity index (χ3n) is 2.20. The van der Waals surface area contributed by atoms with Gasteiger partial charge in [0.2, 0.25) is 0 Å². The van der Waals surface area contributed by atoms with Gasteiger partial charge in [-0.1, -0.05) is 24.6 Å². The van der Waals surface area contributed by atoms with Gasteiger partial charge in [-0.25, -0.2) is 4.99 Å². The van der Waals surface area contributed by atoms with Gasteiger partial charge in [-0.3, -0.25) is 4.99 Å². The van der Waals surface area contributed by atoms with Crippen LogP contribution in [0.25, 0.3) is 0 Å². The molecule has 0 unspecified atom stereocenters. The van der Waals surface area contributed by atoms with Gasteiger partial charge in [-0.15, -0.1) is 0 Å². The maximum absolute atomic E-state index is 4.58. The molecule has 0 amide bonds. The highest BCUT2D eigenvalue weighted by Gasteiger charge is 2.29. The molecule has 13 heavy (non-hydrogen) atoms. The van der Waals surface area contributed by atoms with Crippen molar-refractivity contribution in [2.24, 2.45) is 15.9 Å². The summed E-state index contributed by atoms with van der Waals surface area (Å²) in [5, 5.41) is 0.811. The van der Waals surface area contributed by atoms with Crippen LogP contribution in [-0.2, 0) is 0 Å². The lowest BCUT2D eigenvalue weighted by atomic mass is 9.99. The molecule has 0 aliphatic heterocycles. The van der Waals surface area contributed by atoms with Crippen LogP contribution in [0, 0.1) is 5.92 Å². The standard InChI is InChI=1S/C10H18N2S/c1-10(2,7-8-5-6-8)12-9(11-3)13-4/h8H,3,5-7H2,1-2,4H3. The molecule has 0 aromatic rings. The normalized spacial score (nSPS) is 18.8. The first-order valence-electron chi connectivity index (χ1n) is 4.68. The van der Waals surface area contributed by atoms with Crippen LogP contribution in [0.15, 0.2) is 9.98 Å². The zero-order valence-electron chi connectivity index (χ0n) is 8.71. The first-order valence-corrected chi connectivity index (χ1v) is 5.90. The van der Waals surface area contributed by atoms with Crippen molar-refractivity contribution in [1.82, 2.24) is 0 Å². The smallest absolute Gasteiger partial charge is 0.182 e. The number of amidine groups is 1. The van der Waals surface area contributed by atoms with Crippen LogP contribution in [0.4, 0.5) is 0 Å². The summed E-state index contributed by atoms with van der Waals surface area (Å²) < 4.78 is 0.